The molecule has 1 aliphatic heterocycles. The van der Waals surface area contributed by atoms with Gasteiger partial charge in [0, 0.05) is 48.7 Å². The fourth-order valence-corrected chi connectivity index (χ4v) is 3.78. The van der Waals surface area contributed by atoms with E-state index in [0.717, 1.165) is 62.5 Å². The van der Waals surface area contributed by atoms with Crippen molar-refractivity contribution in [3.8, 4) is 5.75 Å². The average Bonchev–Trinajstić information content (AvgIpc) is 2.77. The van der Waals surface area contributed by atoms with Crippen LogP contribution in [0.3, 0.4) is 0 Å². The second-order valence-corrected chi connectivity index (χ2v) is 8.10. The van der Waals surface area contributed by atoms with Crippen LogP contribution in [0.5, 0.6) is 5.75 Å². The third kappa shape index (κ3) is 5.93. The number of hydrogen-bond donors (Lipinski definition) is 2. The van der Waals surface area contributed by atoms with E-state index in [9.17, 15) is 4.79 Å². The molecule has 1 aliphatic rings. The first-order chi connectivity index (χ1) is 14.5. The van der Waals surface area contributed by atoms with Crippen LogP contribution in [0.25, 0.3) is 10.9 Å². The molecule has 1 aromatic heterocycles. The summed E-state index contributed by atoms with van der Waals surface area (Å²) in [7, 11) is 1.64. The molecule has 2 aromatic rings. The van der Waals surface area contributed by atoms with Crippen molar-refractivity contribution in [1.82, 2.24) is 20.1 Å². The number of methoxy groups -OCH3 is 1. The molecule has 1 atom stereocenters. The normalized spacial score (nSPS) is 15.7. The van der Waals surface area contributed by atoms with Crippen LogP contribution >= 0.6 is 12.2 Å². The van der Waals surface area contributed by atoms with E-state index in [1.807, 2.05) is 24.3 Å². The number of rotatable bonds is 8. The summed E-state index contributed by atoms with van der Waals surface area (Å²) in [5.74, 6) is 0.763. The number of morpholine rings is 1. The average molecular weight is 433 g/mol. The van der Waals surface area contributed by atoms with Gasteiger partial charge in [0.1, 0.15) is 5.75 Å². The summed E-state index contributed by atoms with van der Waals surface area (Å²) < 4.78 is 10.8. The molecule has 1 unspecified atom stereocenters. The molecule has 7 nitrogen and oxygen atoms in total. The van der Waals surface area contributed by atoms with Crippen LogP contribution in [0.15, 0.2) is 29.1 Å². The predicted molar refractivity (Wildman–Crippen MR) is 124 cm³/mol. The van der Waals surface area contributed by atoms with Crippen molar-refractivity contribution in [2.45, 2.75) is 32.9 Å². The smallest absolute Gasteiger partial charge is 0.253 e. The molecule has 0 radical (unpaired) electrons. The Morgan fingerprint density at radius 2 is 2.13 bits per heavy atom. The van der Waals surface area contributed by atoms with Crippen molar-refractivity contribution in [2.75, 3.05) is 46.5 Å². The molecule has 0 amide bonds. The van der Waals surface area contributed by atoms with Gasteiger partial charge in [-0.2, -0.15) is 0 Å². The fraction of sp³-hybridized carbons (Fsp3) is 0.545. The van der Waals surface area contributed by atoms with Gasteiger partial charge in [0.15, 0.2) is 5.11 Å². The number of nitrogens with one attached hydrogen (secondary N) is 2. The summed E-state index contributed by atoms with van der Waals surface area (Å²) >= 11 is 5.70. The summed E-state index contributed by atoms with van der Waals surface area (Å²) in [6.07, 6.45) is 0.980. The van der Waals surface area contributed by atoms with E-state index in [4.69, 9.17) is 21.7 Å². The Morgan fingerprint density at radius 1 is 1.37 bits per heavy atom. The number of pyridine rings is 1. The van der Waals surface area contributed by atoms with E-state index in [2.05, 4.69) is 33.9 Å². The number of hydrogen-bond acceptors (Lipinski definition) is 5. The Kier molecular flexibility index (Phi) is 8.07. The lowest BCUT2D eigenvalue weighted by molar-refractivity contribution is 0.0357. The molecule has 3 rings (SSSR count). The summed E-state index contributed by atoms with van der Waals surface area (Å²) in [4.78, 5) is 20.2. The highest BCUT2D eigenvalue weighted by atomic mass is 32.1. The summed E-state index contributed by atoms with van der Waals surface area (Å²) in [6.45, 7) is 9.70. The molecule has 0 spiro atoms. The van der Waals surface area contributed by atoms with Crippen LogP contribution in [0.1, 0.15) is 25.8 Å². The van der Waals surface area contributed by atoms with E-state index >= 15 is 0 Å². The third-order valence-corrected chi connectivity index (χ3v) is 5.92. The summed E-state index contributed by atoms with van der Waals surface area (Å²) in [5, 5.41) is 5.02. The molecule has 0 aliphatic carbocycles. The molecular weight excluding hydrogens is 400 g/mol. The predicted octanol–water partition coefficient (Wildman–Crippen LogP) is 2.34. The van der Waals surface area contributed by atoms with E-state index in [0.29, 0.717) is 17.2 Å². The molecule has 8 heteroatoms. The number of nitrogens with zero attached hydrogens (tertiary/aromatic N) is 2. The lowest BCUT2D eigenvalue weighted by Gasteiger charge is -2.32. The topological polar surface area (TPSA) is 69.8 Å². The van der Waals surface area contributed by atoms with E-state index in [-0.39, 0.29) is 11.6 Å². The molecule has 1 aromatic carbocycles. The van der Waals surface area contributed by atoms with Crippen LogP contribution in [-0.2, 0) is 11.3 Å². The monoisotopic (exact) mass is 432 g/mol. The zero-order valence-corrected chi connectivity index (χ0v) is 18.9. The van der Waals surface area contributed by atoms with Gasteiger partial charge >= 0.3 is 0 Å². The van der Waals surface area contributed by atoms with Gasteiger partial charge in [0.05, 0.1) is 26.9 Å². The van der Waals surface area contributed by atoms with Crippen molar-refractivity contribution >= 4 is 28.2 Å². The third-order valence-electron chi connectivity index (χ3n) is 5.55. The van der Waals surface area contributed by atoms with Crippen LogP contribution < -0.4 is 15.6 Å². The van der Waals surface area contributed by atoms with Gasteiger partial charge < -0.3 is 24.7 Å². The number of fused-ring (bicyclic) bond motifs is 1. The van der Waals surface area contributed by atoms with Gasteiger partial charge in [-0.25, -0.2) is 0 Å². The highest BCUT2D eigenvalue weighted by molar-refractivity contribution is 7.80. The maximum Gasteiger partial charge on any atom is 0.253 e. The first-order valence-electron chi connectivity index (χ1n) is 10.6. The fourth-order valence-electron chi connectivity index (χ4n) is 3.42. The van der Waals surface area contributed by atoms with Gasteiger partial charge in [-0.05, 0) is 49.8 Å². The first-order valence-corrected chi connectivity index (χ1v) is 11.0. The minimum atomic E-state index is -0.0876. The highest BCUT2D eigenvalue weighted by Crippen LogP contribution is 2.19. The maximum absolute atomic E-state index is 12.7. The quantitative estimate of drug-likeness (QED) is 0.621. The Morgan fingerprint density at radius 3 is 2.83 bits per heavy atom. The van der Waals surface area contributed by atoms with Gasteiger partial charge in [-0.1, -0.05) is 6.92 Å². The number of aromatic amines is 1. The molecule has 164 valence electrons. The molecule has 0 saturated carbocycles. The van der Waals surface area contributed by atoms with E-state index < -0.39 is 0 Å². The lowest BCUT2D eigenvalue weighted by atomic mass is 10.1. The number of thiocarbonyl (C=S) groups is 1. The Balaban J connectivity index is 1.80. The van der Waals surface area contributed by atoms with Crippen molar-refractivity contribution in [3.05, 3.63) is 40.2 Å². The molecule has 1 saturated heterocycles. The highest BCUT2D eigenvalue weighted by Gasteiger charge is 2.17. The number of aromatic nitrogens is 1. The number of benzene rings is 1. The summed E-state index contributed by atoms with van der Waals surface area (Å²) in [5.41, 5.74) is 1.39. The molecular formula is C22H32N4O3S. The molecule has 1 fully saturated rings. The van der Waals surface area contributed by atoms with Gasteiger partial charge in [0.2, 0.25) is 0 Å². The molecule has 2 N–H and O–H groups in total. The standard InChI is InChI=1S/C22H32N4O3S/c1-4-16(2)23-22(30)26(8-7-25-9-11-29-12-10-25)15-18-13-17-14-19(28-3)5-6-20(17)24-21(18)27/h5-6,13-14,16H,4,7-12,15H2,1-3H3,(H,23,30)(H,24,27). The van der Waals surface area contributed by atoms with Crippen LogP contribution in [0.4, 0.5) is 0 Å². The number of H-pyrrole nitrogens is 1. The van der Waals surface area contributed by atoms with E-state index in [1.54, 1.807) is 7.11 Å². The lowest BCUT2D eigenvalue weighted by Crippen LogP contribution is -2.48. The van der Waals surface area contributed by atoms with Gasteiger partial charge in [-0.3, -0.25) is 9.69 Å². The summed E-state index contributed by atoms with van der Waals surface area (Å²) in [6, 6.07) is 7.86. The van der Waals surface area contributed by atoms with Crippen LogP contribution in [0, 0.1) is 0 Å². The molecule has 30 heavy (non-hydrogen) atoms. The first kappa shape index (κ1) is 22.5. The minimum Gasteiger partial charge on any atom is -0.497 e. The number of ether oxygens (including phenoxy) is 2. The van der Waals surface area contributed by atoms with Crippen LogP contribution in [-0.4, -0.2) is 72.4 Å². The largest absolute Gasteiger partial charge is 0.497 e. The van der Waals surface area contributed by atoms with Gasteiger partial charge in [0.25, 0.3) is 5.56 Å². The zero-order chi connectivity index (χ0) is 21.5. The van der Waals surface area contributed by atoms with Crippen molar-refractivity contribution < 1.29 is 9.47 Å². The zero-order valence-electron chi connectivity index (χ0n) is 18.1. The second-order valence-electron chi connectivity index (χ2n) is 7.71. The Bertz CT molecular complexity index is 911. The molecule has 2 heterocycles. The van der Waals surface area contributed by atoms with E-state index in [1.165, 1.54) is 0 Å². The van der Waals surface area contributed by atoms with Crippen LogP contribution in [0.2, 0.25) is 0 Å². The second kappa shape index (κ2) is 10.7. The van der Waals surface area contributed by atoms with Crippen molar-refractivity contribution in [2.24, 2.45) is 0 Å². The SMILES string of the molecule is CCC(C)NC(=S)N(CCN1CCOCC1)Cc1cc2cc(OC)ccc2[nH]c1=O. The molecule has 0 bridgehead atoms. The van der Waals surface area contributed by atoms with Gasteiger partial charge in [-0.15, -0.1) is 0 Å². The minimum absolute atomic E-state index is 0.0876. The Hall–Kier alpha value is -2.16. The Labute approximate surface area is 183 Å². The van der Waals surface area contributed by atoms with Crippen molar-refractivity contribution in [3.63, 3.8) is 0 Å². The maximum atomic E-state index is 12.7. The van der Waals surface area contributed by atoms with Crippen molar-refractivity contribution in [1.29, 1.82) is 0 Å².